The van der Waals surface area contributed by atoms with Crippen molar-refractivity contribution in [2.45, 2.75) is 29.9 Å². The van der Waals surface area contributed by atoms with Gasteiger partial charge in [-0.2, -0.15) is 0 Å². The van der Waals surface area contributed by atoms with Crippen molar-refractivity contribution in [2.24, 2.45) is 0 Å². The van der Waals surface area contributed by atoms with Crippen LogP contribution >= 0.6 is 0 Å². The van der Waals surface area contributed by atoms with Crippen molar-refractivity contribution in [2.75, 3.05) is 20.1 Å². The van der Waals surface area contributed by atoms with Gasteiger partial charge in [0.1, 0.15) is 0 Å². The Bertz CT molecular complexity index is 366. The van der Waals surface area contributed by atoms with Crippen LogP contribution < -0.4 is 0 Å². The molecule has 1 heterocycles. The van der Waals surface area contributed by atoms with Crippen LogP contribution in [0.4, 0.5) is 0 Å². The molecule has 0 spiro atoms. The maximum atomic E-state index is 12.3. The van der Waals surface area contributed by atoms with Crippen LogP contribution in [-0.4, -0.2) is 34.5 Å². The zero-order valence-electron chi connectivity index (χ0n) is 9.98. The highest BCUT2D eigenvalue weighted by atomic mass is 32.2. The Morgan fingerprint density at radius 2 is 1.75 bits per heavy atom. The van der Waals surface area contributed by atoms with Crippen molar-refractivity contribution >= 4 is 10.8 Å². The summed E-state index contributed by atoms with van der Waals surface area (Å²) in [6, 6.07) is 8.10. The average Bonchev–Trinajstić information content (AvgIpc) is 2.30. The highest BCUT2D eigenvalue weighted by molar-refractivity contribution is 7.85. The molecule has 0 amide bonds. The van der Waals surface area contributed by atoms with E-state index in [1.807, 2.05) is 24.3 Å². The van der Waals surface area contributed by atoms with Gasteiger partial charge in [0.25, 0.3) is 0 Å². The average molecular weight is 237 g/mol. The third-order valence-corrected chi connectivity index (χ3v) is 5.04. The minimum atomic E-state index is -0.820. The first kappa shape index (κ1) is 11.8. The zero-order chi connectivity index (χ0) is 11.5. The molecule has 0 radical (unpaired) electrons. The maximum absolute atomic E-state index is 12.3. The van der Waals surface area contributed by atoms with Gasteiger partial charge in [-0.05, 0) is 52.0 Å². The molecule has 1 aromatic carbocycles. The van der Waals surface area contributed by atoms with Crippen LogP contribution in [0.1, 0.15) is 18.4 Å². The second-order valence-corrected chi connectivity index (χ2v) is 6.35. The van der Waals surface area contributed by atoms with Crippen LogP contribution in [-0.2, 0) is 10.8 Å². The minimum absolute atomic E-state index is 0.346. The smallest absolute Gasteiger partial charge is 0.0561 e. The molecule has 1 atom stereocenters. The van der Waals surface area contributed by atoms with Crippen LogP contribution in [0.15, 0.2) is 29.2 Å². The van der Waals surface area contributed by atoms with E-state index in [4.69, 9.17) is 0 Å². The number of benzene rings is 1. The van der Waals surface area contributed by atoms with Crippen molar-refractivity contribution in [3.05, 3.63) is 29.8 Å². The fourth-order valence-electron chi connectivity index (χ4n) is 2.06. The van der Waals surface area contributed by atoms with E-state index in [1.54, 1.807) is 0 Å². The van der Waals surface area contributed by atoms with E-state index in [1.165, 1.54) is 5.56 Å². The van der Waals surface area contributed by atoms with E-state index >= 15 is 0 Å². The van der Waals surface area contributed by atoms with Gasteiger partial charge in [-0.3, -0.25) is 4.21 Å². The summed E-state index contributed by atoms with van der Waals surface area (Å²) in [5.41, 5.74) is 1.23. The molecule has 1 aliphatic heterocycles. The fraction of sp³-hybridized carbons (Fsp3) is 0.538. The molecule has 16 heavy (non-hydrogen) atoms. The molecule has 0 saturated carbocycles. The summed E-state index contributed by atoms with van der Waals surface area (Å²) >= 11 is 0. The molecule has 0 N–H and O–H groups in total. The Labute approximate surface area is 100 Å². The summed E-state index contributed by atoms with van der Waals surface area (Å²) in [4.78, 5) is 3.29. The predicted molar refractivity (Wildman–Crippen MR) is 68.1 cm³/mol. The molecular formula is C13H19NOS. The molecular weight excluding hydrogens is 218 g/mol. The van der Waals surface area contributed by atoms with Gasteiger partial charge in [0, 0.05) is 10.1 Å². The third kappa shape index (κ3) is 2.71. The first-order chi connectivity index (χ1) is 7.66. The molecule has 0 bridgehead atoms. The van der Waals surface area contributed by atoms with E-state index in [0.717, 1.165) is 30.8 Å². The number of rotatable bonds is 2. The Morgan fingerprint density at radius 3 is 2.31 bits per heavy atom. The SMILES string of the molecule is Cc1ccc(S(=O)C2CCN(C)CC2)cc1. The van der Waals surface area contributed by atoms with Crippen LogP contribution in [0.3, 0.4) is 0 Å². The monoisotopic (exact) mass is 237 g/mol. The van der Waals surface area contributed by atoms with Crippen LogP contribution in [0.2, 0.25) is 0 Å². The van der Waals surface area contributed by atoms with Crippen LogP contribution in [0.5, 0.6) is 0 Å². The molecule has 2 rings (SSSR count). The van der Waals surface area contributed by atoms with E-state index < -0.39 is 10.8 Å². The first-order valence-corrected chi connectivity index (χ1v) is 7.04. The topological polar surface area (TPSA) is 20.3 Å². The molecule has 1 aliphatic rings. The third-order valence-electron chi connectivity index (χ3n) is 3.22. The van der Waals surface area contributed by atoms with Gasteiger partial charge in [0.15, 0.2) is 0 Å². The minimum Gasteiger partial charge on any atom is -0.306 e. The molecule has 3 heteroatoms. The predicted octanol–water partition coefficient (Wildman–Crippen LogP) is 2.20. The normalized spacial score (nSPS) is 20.9. The second-order valence-electron chi connectivity index (χ2n) is 4.61. The molecule has 0 aromatic heterocycles. The molecule has 0 aliphatic carbocycles. The fourth-order valence-corrected chi connectivity index (χ4v) is 3.49. The van der Waals surface area contributed by atoms with Gasteiger partial charge in [-0.1, -0.05) is 17.7 Å². The van der Waals surface area contributed by atoms with Gasteiger partial charge in [-0.25, -0.2) is 0 Å². The Hall–Kier alpha value is -0.670. The zero-order valence-corrected chi connectivity index (χ0v) is 10.8. The van der Waals surface area contributed by atoms with Crippen molar-refractivity contribution in [3.63, 3.8) is 0 Å². The molecule has 1 aromatic rings. The summed E-state index contributed by atoms with van der Waals surface area (Å²) in [5, 5.41) is 0.346. The number of hydrogen-bond acceptors (Lipinski definition) is 2. The van der Waals surface area contributed by atoms with Gasteiger partial charge in [0.2, 0.25) is 0 Å². The maximum Gasteiger partial charge on any atom is 0.0561 e. The lowest BCUT2D eigenvalue weighted by Gasteiger charge is -2.28. The van der Waals surface area contributed by atoms with E-state index in [9.17, 15) is 4.21 Å². The summed E-state index contributed by atoms with van der Waals surface area (Å²) in [7, 11) is 1.31. The van der Waals surface area contributed by atoms with E-state index in [2.05, 4.69) is 18.9 Å². The summed E-state index contributed by atoms with van der Waals surface area (Å²) in [6.45, 7) is 4.20. The lowest BCUT2D eigenvalue weighted by atomic mass is 10.1. The van der Waals surface area contributed by atoms with Crippen LogP contribution in [0.25, 0.3) is 0 Å². The molecule has 1 fully saturated rings. The van der Waals surface area contributed by atoms with Crippen molar-refractivity contribution in [3.8, 4) is 0 Å². The summed E-state index contributed by atoms with van der Waals surface area (Å²) in [6.07, 6.45) is 2.11. The summed E-state index contributed by atoms with van der Waals surface area (Å²) < 4.78 is 12.3. The number of nitrogens with zero attached hydrogens (tertiary/aromatic N) is 1. The number of likely N-dealkylation sites (tertiary alicyclic amines) is 1. The molecule has 1 saturated heterocycles. The first-order valence-electron chi connectivity index (χ1n) is 5.82. The Kier molecular flexibility index (Phi) is 3.77. The lowest BCUT2D eigenvalue weighted by Crippen LogP contribution is -2.34. The molecule has 1 unspecified atom stereocenters. The highest BCUT2D eigenvalue weighted by Gasteiger charge is 2.22. The van der Waals surface area contributed by atoms with E-state index in [-0.39, 0.29) is 0 Å². The van der Waals surface area contributed by atoms with Crippen molar-refractivity contribution < 1.29 is 4.21 Å². The van der Waals surface area contributed by atoms with Crippen molar-refractivity contribution in [1.82, 2.24) is 4.90 Å². The van der Waals surface area contributed by atoms with Gasteiger partial charge >= 0.3 is 0 Å². The largest absolute Gasteiger partial charge is 0.306 e. The standard InChI is InChI=1S/C13H19NOS/c1-11-3-5-12(6-4-11)16(15)13-7-9-14(2)10-8-13/h3-6,13H,7-10H2,1-2H3. The lowest BCUT2D eigenvalue weighted by molar-refractivity contribution is 0.280. The Balaban J connectivity index is 2.05. The number of aryl methyl sites for hydroxylation is 1. The van der Waals surface area contributed by atoms with Crippen LogP contribution in [0, 0.1) is 6.92 Å². The van der Waals surface area contributed by atoms with Crippen molar-refractivity contribution in [1.29, 1.82) is 0 Å². The second kappa shape index (κ2) is 5.11. The van der Waals surface area contributed by atoms with E-state index in [0.29, 0.717) is 5.25 Å². The Morgan fingerprint density at radius 1 is 1.19 bits per heavy atom. The quantitative estimate of drug-likeness (QED) is 0.786. The van der Waals surface area contributed by atoms with Gasteiger partial charge < -0.3 is 4.90 Å². The van der Waals surface area contributed by atoms with Gasteiger partial charge in [0.05, 0.1) is 10.8 Å². The summed E-state index contributed by atoms with van der Waals surface area (Å²) in [5.74, 6) is 0. The number of hydrogen-bond donors (Lipinski definition) is 0. The van der Waals surface area contributed by atoms with Gasteiger partial charge in [-0.15, -0.1) is 0 Å². The highest BCUT2D eigenvalue weighted by Crippen LogP contribution is 2.20. The number of piperidine rings is 1. The molecule has 2 nitrogen and oxygen atoms in total. The molecule has 88 valence electrons.